The average molecular weight is 283 g/mol. The maximum absolute atomic E-state index is 12.1. The highest BCUT2D eigenvalue weighted by molar-refractivity contribution is 5.79. The first-order chi connectivity index (χ1) is 9.31. The number of hydrogen-bond acceptors (Lipinski definition) is 3. The number of amides is 2. The van der Waals surface area contributed by atoms with Crippen molar-refractivity contribution >= 4 is 11.8 Å². The minimum absolute atomic E-state index is 0.0805. The number of carbonyl (C=O) groups excluding carboxylic acids is 2. The molecule has 0 aromatic rings. The number of carbonyl (C=O) groups is 2. The maximum atomic E-state index is 12.1. The number of piperazine rings is 1. The van der Waals surface area contributed by atoms with Gasteiger partial charge in [-0.05, 0) is 11.8 Å². The van der Waals surface area contributed by atoms with Gasteiger partial charge >= 0.3 is 0 Å². The second-order valence-electron chi connectivity index (χ2n) is 6.47. The van der Waals surface area contributed by atoms with Crippen molar-refractivity contribution in [3.63, 3.8) is 0 Å². The molecule has 1 rings (SSSR count). The highest BCUT2D eigenvalue weighted by Crippen LogP contribution is 2.11. The lowest BCUT2D eigenvalue weighted by molar-refractivity contribution is -0.140. The molecule has 5 heteroatoms. The molecule has 1 aliphatic rings. The van der Waals surface area contributed by atoms with Gasteiger partial charge in [-0.15, -0.1) is 0 Å². The highest BCUT2D eigenvalue weighted by Gasteiger charge is 2.25. The van der Waals surface area contributed by atoms with Crippen LogP contribution in [0.1, 0.15) is 40.5 Å². The summed E-state index contributed by atoms with van der Waals surface area (Å²) in [6.45, 7) is 10.7. The lowest BCUT2D eigenvalue weighted by Gasteiger charge is -2.35. The molecule has 0 saturated carbocycles. The molecule has 0 aliphatic carbocycles. The van der Waals surface area contributed by atoms with Crippen molar-refractivity contribution in [1.29, 1.82) is 0 Å². The Kier molecular flexibility index (Phi) is 6.46. The van der Waals surface area contributed by atoms with Gasteiger partial charge in [-0.1, -0.05) is 27.7 Å². The van der Waals surface area contributed by atoms with Crippen molar-refractivity contribution in [1.82, 2.24) is 9.80 Å². The second-order valence-corrected chi connectivity index (χ2v) is 6.47. The minimum atomic E-state index is -0.0805. The molecule has 0 bridgehead atoms. The Morgan fingerprint density at radius 1 is 0.900 bits per heavy atom. The molecule has 2 amide bonds. The van der Waals surface area contributed by atoms with Gasteiger partial charge in [0.05, 0.1) is 0 Å². The Balaban J connectivity index is 2.38. The fourth-order valence-corrected chi connectivity index (χ4v) is 2.25. The predicted molar refractivity (Wildman–Crippen MR) is 80.0 cm³/mol. The quantitative estimate of drug-likeness (QED) is 0.821. The molecule has 1 heterocycles. The van der Waals surface area contributed by atoms with E-state index in [0.29, 0.717) is 50.9 Å². The number of rotatable bonds is 5. The molecule has 1 atom stereocenters. The minimum Gasteiger partial charge on any atom is -0.339 e. The molecule has 5 nitrogen and oxygen atoms in total. The van der Waals surface area contributed by atoms with Crippen molar-refractivity contribution < 1.29 is 9.59 Å². The number of nitrogens with two attached hydrogens (primary N) is 1. The molecule has 2 N–H and O–H groups in total. The van der Waals surface area contributed by atoms with Gasteiger partial charge < -0.3 is 15.5 Å². The largest absolute Gasteiger partial charge is 0.339 e. The van der Waals surface area contributed by atoms with Crippen LogP contribution in [-0.2, 0) is 9.59 Å². The van der Waals surface area contributed by atoms with Crippen LogP contribution < -0.4 is 5.73 Å². The molecule has 0 aromatic heterocycles. The van der Waals surface area contributed by atoms with Crippen LogP contribution in [-0.4, -0.2) is 53.8 Å². The van der Waals surface area contributed by atoms with Crippen LogP contribution in [0.3, 0.4) is 0 Å². The molecule has 1 unspecified atom stereocenters. The van der Waals surface area contributed by atoms with Gasteiger partial charge in [0.1, 0.15) is 0 Å². The lowest BCUT2D eigenvalue weighted by atomic mass is 10.0. The van der Waals surface area contributed by atoms with E-state index in [1.807, 2.05) is 37.5 Å². The summed E-state index contributed by atoms with van der Waals surface area (Å²) in [4.78, 5) is 27.8. The summed E-state index contributed by atoms with van der Waals surface area (Å²) in [5, 5.41) is 0. The van der Waals surface area contributed by atoms with E-state index < -0.39 is 0 Å². The lowest BCUT2D eigenvalue weighted by Crippen LogP contribution is -2.51. The standard InChI is InChI=1S/C15H29N3O2/c1-11(2)9-14(19)17-5-7-18(8-6-17)15(20)10-13(16)12(3)4/h11-13H,5-10,16H2,1-4H3. The van der Waals surface area contributed by atoms with E-state index >= 15 is 0 Å². The Bertz CT molecular complexity index is 334. The van der Waals surface area contributed by atoms with Gasteiger partial charge in [0, 0.05) is 45.1 Å². The first-order valence-electron chi connectivity index (χ1n) is 7.62. The van der Waals surface area contributed by atoms with E-state index in [1.54, 1.807) is 0 Å². The van der Waals surface area contributed by atoms with E-state index in [-0.39, 0.29) is 17.9 Å². The zero-order valence-electron chi connectivity index (χ0n) is 13.3. The summed E-state index contributed by atoms with van der Waals surface area (Å²) in [6, 6.07) is -0.0805. The Hall–Kier alpha value is -1.10. The van der Waals surface area contributed by atoms with Gasteiger partial charge in [0.25, 0.3) is 0 Å². The number of nitrogens with zero attached hydrogens (tertiary/aromatic N) is 2. The average Bonchev–Trinajstić information content (AvgIpc) is 2.37. The molecule has 1 aliphatic heterocycles. The number of hydrogen-bond donors (Lipinski definition) is 1. The van der Waals surface area contributed by atoms with E-state index in [1.165, 1.54) is 0 Å². The summed E-state index contributed by atoms with van der Waals surface area (Å²) >= 11 is 0. The molecule has 0 radical (unpaired) electrons. The topological polar surface area (TPSA) is 66.6 Å². The monoisotopic (exact) mass is 283 g/mol. The first-order valence-corrected chi connectivity index (χ1v) is 7.62. The summed E-state index contributed by atoms with van der Waals surface area (Å²) < 4.78 is 0. The Morgan fingerprint density at radius 3 is 1.65 bits per heavy atom. The van der Waals surface area contributed by atoms with Gasteiger partial charge in [0.15, 0.2) is 0 Å². The summed E-state index contributed by atoms with van der Waals surface area (Å²) in [6.07, 6.45) is 0.990. The zero-order chi connectivity index (χ0) is 15.3. The van der Waals surface area contributed by atoms with Crippen molar-refractivity contribution in [3.05, 3.63) is 0 Å². The van der Waals surface area contributed by atoms with Crippen LogP contribution in [0.4, 0.5) is 0 Å². The molecule has 1 saturated heterocycles. The molecule has 0 aromatic carbocycles. The molecule has 116 valence electrons. The third kappa shape index (κ3) is 5.12. The zero-order valence-corrected chi connectivity index (χ0v) is 13.3. The SMILES string of the molecule is CC(C)CC(=O)N1CCN(C(=O)CC(N)C(C)C)CC1. The third-order valence-electron chi connectivity index (χ3n) is 3.83. The summed E-state index contributed by atoms with van der Waals surface area (Å²) in [7, 11) is 0. The highest BCUT2D eigenvalue weighted by atomic mass is 16.2. The van der Waals surface area contributed by atoms with Crippen LogP contribution in [0, 0.1) is 11.8 Å². The first kappa shape index (κ1) is 17.0. The van der Waals surface area contributed by atoms with Crippen LogP contribution in [0.2, 0.25) is 0 Å². The van der Waals surface area contributed by atoms with E-state index in [4.69, 9.17) is 5.73 Å². The van der Waals surface area contributed by atoms with Gasteiger partial charge in [-0.3, -0.25) is 9.59 Å². The van der Waals surface area contributed by atoms with Crippen LogP contribution in [0.25, 0.3) is 0 Å². The Labute approximate surface area is 122 Å². The van der Waals surface area contributed by atoms with Gasteiger partial charge in [-0.25, -0.2) is 0 Å². The maximum Gasteiger partial charge on any atom is 0.224 e. The van der Waals surface area contributed by atoms with Crippen molar-refractivity contribution in [2.75, 3.05) is 26.2 Å². The molecule has 20 heavy (non-hydrogen) atoms. The van der Waals surface area contributed by atoms with Crippen molar-refractivity contribution in [3.8, 4) is 0 Å². The smallest absolute Gasteiger partial charge is 0.224 e. The van der Waals surface area contributed by atoms with Gasteiger partial charge in [0.2, 0.25) is 11.8 Å². The van der Waals surface area contributed by atoms with E-state index in [0.717, 1.165) is 0 Å². The fourth-order valence-electron chi connectivity index (χ4n) is 2.25. The fraction of sp³-hybridized carbons (Fsp3) is 0.867. The van der Waals surface area contributed by atoms with Crippen LogP contribution >= 0.6 is 0 Å². The van der Waals surface area contributed by atoms with Crippen molar-refractivity contribution in [2.24, 2.45) is 17.6 Å². The van der Waals surface area contributed by atoms with E-state index in [2.05, 4.69) is 0 Å². The van der Waals surface area contributed by atoms with Crippen molar-refractivity contribution in [2.45, 2.75) is 46.6 Å². The van der Waals surface area contributed by atoms with Crippen LogP contribution in [0.5, 0.6) is 0 Å². The summed E-state index contributed by atoms with van der Waals surface area (Å²) in [5.74, 6) is 1.01. The normalized spacial score (nSPS) is 17.8. The predicted octanol–water partition coefficient (Wildman–Crippen LogP) is 1.08. The second kappa shape index (κ2) is 7.62. The Morgan fingerprint density at radius 2 is 1.30 bits per heavy atom. The van der Waals surface area contributed by atoms with Crippen LogP contribution in [0.15, 0.2) is 0 Å². The third-order valence-corrected chi connectivity index (χ3v) is 3.83. The molecular formula is C15H29N3O2. The molecule has 1 fully saturated rings. The summed E-state index contributed by atoms with van der Waals surface area (Å²) in [5.41, 5.74) is 5.94. The molecular weight excluding hydrogens is 254 g/mol. The van der Waals surface area contributed by atoms with Gasteiger partial charge in [-0.2, -0.15) is 0 Å². The van der Waals surface area contributed by atoms with E-state index in [9.17, 15) is 9.59 Å². The molecule has 0 spiro atoms.